The molecule has 0 unspecified atom stereocenters. The van der Waals surface area contributed by atoms with E-state index in [1.165, 1.54) is 4.90 Å². The lowest BCUT2D eigenvalue weighted by Crippen LogP contribution is -2.58. The largest absolute Gasteiger partial charge is 0.369 e. The van der Waals surface area contributed by atoms with Crippen LogP contribution in [0.25, 0.3) is 0 Å². The SMILES string of the molecule is NC1=NC2(CCCCC2)N(c2cccc3c2C(=O)N(C2CCCCC2)C3=O)C(N)=N1. The van der Waals surface area contributed by atoms with Crippen LogP contribution in [0, 0.1) is 0 Å². The molecule has 0 saturated heterocycles. The maximum atomic E-state index is 13.5. The van der Waals surface area contributed by atoms with Crippen LogP contribution in [-0.2, 0) is 0 Å². The van der Waals surface area contributed by atoms with E-state index in [1.807, 2.05) is 17.0 Å². The van der Waals surface area contributed by atoms with E-state index in [-0.39, 0.29) is 29.8 Å². The zero-order valence-electron chi connectivity index (χ0n) is 17.1. The molecule has 30 heavy (non-hydrogen) atoms. The summed E-state index contributed by atoms with van der Waals surface area (Å²) in [4.78, 5) is 39.0. The van der Waals surface area contributed by atoms with E-state index in [4.69, 9.17) is 16.5 Å². The molecule has 2 aliphatic carbocycles. The third kappa shape index (κ3) is 2.80. The number of amides is 2. The van der Waals surface area contributed by atoms with Gasteiger partial charge in [-0.05, 0) is 50.7 Å². The molecule has 1 aromatic carbocycles. The van der Waals surface area contributed by atoms with Gasteiger partial charge in [0, 0.05) is 6.04 Å². The van der Waals surface area contributed by atoms with Gasteiger partial charge < -0.3 is 11.5 Å². The molecule has 4 N–H and O–H groups in total. The summed E-state index contributed by atoms with van der Waals surface area (Å²) in [5.74, 6) is -0.0191. The fourth-order valence-electron chi connectivity index (χ4n) is 5.61. The molecule has 2 heterocycles. The maximum Gasteiger partial charge on any atom is 0.263 e. The average Bonchev–Trinajstić information content (AvgIpc) is 2.99. The number of carbonyl (C=O) groups excluding carboxylic acids is 2. The van der Waals surface area contributed by atoms with Gasteiger partial charge in [-0.2, -0.15) is 4.99 Å². The first-order valence-corrected chi connectivity index (χ1v) is 11.0. The Morgan fingerprint density at radius 3 is 2.37 bits per heavy atom. The van der Waals surface area contributed by atoms with Crippen molar-refractivity contribution in [2.24, 2.45) is 21.5 Å². The Morgan fingerprint density at radius 1 is 0.933 bits per heavy atom. The molecular formula is C22H28N6O2. The van der Waals surface area contributed by atoms with E-state index in [0.29, 0.717) is 16.8 Å². The maximum absolute atomic E-state index is 13.5. The molecule has 1 aromatic rings. The number of rotatable bonds is 2. The summed E-state index contributed by atoms with van der Waals surface area (Å²) in [7, 11) is 0. The lowest BCUT2D eigenvalue weighted by Gasteiger charge is -2.46. The highest BCUT2D eigenvalue weighted by molar-refractivity contribution is 6.25. The molecule has 0 atom stereocenters. The van der Waals surface area contributed by atoms with Gasteiger partial charge >= 0.3 is 0 Å². The summed E-state index contributed by atoms with van der Waals surface area (Å²) in [5, 5.41) is 0. The Labute approximate surface area is 176 Å². The Balaban J connectivity index is 1.60. The molecule has 8 nitrogen and oxygen atoms in total. The smallest absolute Gasteiger partial charge is 0.263 e. The van der Waals surface area contributed by atoms with Crippen molar-refractivity contribution in [1.82, 2.24) is 4.90 Å². The molecule has 2 amide bonds. The monoisotopic (exact) mass is 408 g/mol. The van der Waals surface area contributed by atoms with Gasteiger partial charge in [0.1, 0.15) is 5.66 Å². The van der Waals surface area contributed by atoms with Crippen LogP contribution >= 0.6 is 0 Å². The molecule has 0 radical (unpaired) electrons. The number of hydrogen-bond donors (Lipinski definition) is 2. The van der Waals surface area contributed by atoms with Crippen molar-refractivity contribution in [3.8, 4) is 0 Å². The number of guanidine groups is 2. The van der Waals surface area contributed by atoms with Gasteiger partial charge in [0.2, 0.25) is 11.9 Å². The summed E-state index contributed by atoms with van der Waals surface area (Å²) in [6.07, 6.45) is 9.69. The molecule has 1 spiro atoms. The molecule has 2 aliphatic heterocycles. The van der Waals surface area contributed by atoms with Crippen molar-refractivity contribution in [3.63, 3.8) is 0 Å². The third-order valence-corrected chi connectivity index (χ3v) is 6.96. The number of imide groups is 1. The molecule has 4 aliphatic rings. The van der Waals surface area contributed by atoms with Crippen molar-refractivity contribution in [2.45, 2.75) is 75.9 Å². The standard InChI is InChI=1S/C22H28N6O2/c23-20-25-21(24)28(22(26-20)12-5-2-6-13-22)16-11-7-10-15-17(16)19(30)27(18(15)29)14-8-3-1-4-9-14/h7,10-11,14H,1-6,8-9,12-13H2,(H4,23,24,25,26). The molecule has 0 aromatic heterocycles. The molecule has 8 heteroatoms. The summed E-state index contributed by atoms with van der Waals surface area (Å²) in [5.41, 5.74) is 13.2. The summed E-state index contributed by atoms with van der Waals surface area (Å²) < 4.78 is 0. The van der Waals surface area contributed by atoms with E-state index in [2.05, 4.69) is 4.99 Å². The van der Waals surface area contributed by atoms with Crippen molar-refractivity contribution >= 4 is 29.4 Å². The number of aliphatic imine (C=N–C) groups is 2. The zero-order chi connectivity index (χ0) is 20.9. The van der Waals surface area contributed by atoms with Gasteiger partial charge in [0.15, 0.2) is 0 Å². The Morgan fingerprint density at radius 2 is 1.63 bits per heavy atom. The number of carbonyl (C=O) groups is 2. The number of hydrogen-bond acceptors (Lipinski definition) is 7. The van der Waals surface area contributed by atoms with E-state index >= 15 is 0 Å². The predicted molar refractivity (Wildman–Crippen MR) is 115 cm³/mol. The first-order chi connectivity index (χ1) is 14.5. The number of nitrogens with two attached hydrogens (primary N) is 2. The average molecular weight is 409 g/mol. The van der Waals surface area contributed by atoms with Gasteiger partial charge in [-0.25, -0.2) is 4.99 Å². The highest BCUT2D eigenvalue weighted by Gasteiger charge is 2.47. The Kier molecular flexibility index (Phi) is 4.52. The van der Waals surface area contributed by atoms with E-state index in [1.54, 1.807) is 6.07 Å². The summed E-state index contributed by atoms with van der Waals surface area (Å²) in [6.45, 7) is 0. The van der Waals surface area contributed by atoms with Gasteiger partial charge in [0.05, 0.1) is 16.8 Å². The van der Waals surface area contributed by atoms with Crippen molar-refractivity contribution in [2.75, 3.05) is 4.90 Å². The van der Waals surface area contributed by atoms with Gasteiger partial charge in [-0.15, -0.1) is 0 Å². The number of fused-ring (bicyclic) bond motifs is 1. The minimum Gasteiger partial charge on any atom is -0.369 e. The second kappa shape index (κ2) is 7.11. The summed E-state index contributed by atoms with van der Waals surface area (Å²) >= 11 is 0. The van der Waals surface area contributed by atoms with E-state index in [9.17, 15) is 9.59 Å². The van der Waals surface area contributed by atoms with Crippen LogP contribution in [0.1, 0.15) is 84.9 Å². The quantitative estimate of drug-likeness (QED) is 0.730. The Bertz CT molecular complexity index is 956. The molecule has 0 bridgehead atoms. The van der Waals surface area contributed by atoms with Crippen LogP contribution in [-0.4, -0.2) is 40.3 Å². The molecular weight excluding hydrogens is 380 g/mol. The highest BCUT2D eigenvalue weighted by atomic mass is 16.2. The number of nitrogens with zero attached hydrogens (tertiary/aromatic N) is 4. The van der Waals surface area contributed by atoms with Crippen molar-refractivity contribution in [1.29, 1.82) is 0 Å². The van der Waals surface area contributed by atoms with Gasteiger partial charge in [-0.1, -0.05) is 31.7 Å². The zero-order valence-corrected chi connectivity index (χ0v) is 17.1. The van der Waals surface area contributed by atoms with Crippen LogP contribution in [0.5, 0.6) is 0 Å². The van der Waals surface area contributed by atoms with Crippen molar-refractivity contribution in [3.05, 3.63) is 29.3 Å². The minimum atomic E-state index is -0.648. The van der Waals surface area contributed by atoms with E-state index in [0.717, 1.165) is 64.2 Å². The minimum absolute atomic E-state index is 0.0244. The normalized spacial score (nSPS) is 24.1. The lowest BCUT2D eigenvalue weighted by atomic mass is 9.86. The summed E-state index contributed by atoms with van der Waals surface area (Å²) in [6, 6.07) is 5.38. The van der Waals surface area contributed by atoms with Gasteiger partial charge in [0.25, 0.3) is 11.8 Å². The Hall–Kier alpha value is -2.90. The molecule has 2 fully saturated rings. The number of anilines is 1. The van der Waals surface area contributed by atoms with Crippen LogP contribution in [0.15, 0.2) is 28.2 Å². The topological polar surface area (TPSA) is 117 Å². The second-order valence-corrected chi connectivity index (χ2v) is 8.79. The second-order valence-electron chi connectivity index (χ2n) is 8.79. The first kappa shape index (κ1) is 19.1. The highest BCUT2D eigenvalue weighted by Crippen LogP contribution is 2.43. The third-order valence-electron chi connectivity index (χ3n) is 6.96. The fraction of sp³-hybridized carbons (Fsp3) is 0.545. The first-order valence-electron chi connectivity index (χ1n) is 11.0. The van der Waals surface area contributed by atoms with E-state index < -0.39 is 5.66 Å². The van der Waals surface area contributed by atoms with Crippen molar-refractivity contribution < 1.29 is 9.59 Å². The van der Waals surface area contributed by atoms with Crippen LogP contribution in [0.4, 0.5) is 5.69 Å². The van der Waals surface area contributed by atoms with Crippen LogP contribution in [0.2, 0.25) is 0 Å². The fourth-order valence-corrected chi connectivity index (χ4v) is 5.61. The molecule has 2 saturated carbocycles. The molecule has 5 rings (SSSR count). The number of benzene rings is 1. The van der Waals surface area contributed by atoms with Crippen LogP contribution in [0.3, 0.4) is 0 Å². The molecule has 158 valence electrons. The van der Waals surface area contributed by atoms with Gasteiger partial charge in [-0.3, -0.25) is 19.4 Å². The lowest BCUT2D eigenvalue weighted by molar-refractivity contribution is 0.0549. The van der Waals surface area contributed by atoms with Crippen LogP contribution < -0.4 is 16.4 Å². The predicted octanol–water partition coefficient (Wildman–Crippen LogP) is 2.73.